The Morgan fingerprint density at radius 2 is 2.00 bits per heavy atom. The number of nitrogens with zero attached hydrogens (tertiary/aromatic N) is 2. The zero-order valence-electron chi connectivity index (χ0n) is 14.3. The van der Waals surface area contributed by atoms with Gasteiger partial charge in [0.05, 0.1) is 0 Å². The van der Waals surface area contributed by atoms with Crippen molar-refractivity contribution in [2.24, 2.45) is 0 Å². The zero-order valence-corrected chi connectivity index (χ0v) is 15.0. The molecule has 0 atom stereocenters. The van der Waals surface area contributed by atoms with Crippen LogP contribution in [0, 0.1) is 6.92 Å². The fraction of sp³-hybridized carbons (Fsp3) is 0.333. The number of anilines is 2. The van der Waals surface area contributed by atoms with Crippen molar-refractivity contribution in [2.45, 2.75) is 13.3 Å². The molecule has 0 radical (unpaired) electrons. The van der Waals surface area contributed by atoms with Gasteiger partial charge in [-0.3, -0.25) is 9.78 Å². The molecule has 1 aromatic carbocycles. The van der Waals surface area contributed by atoms with Gasteiger partial charge in [0.1, 0.15) is 5.69 Å². The molecule has 0 saturated heterocycles. The molecule has 0 fully saturated rings. The number of carbonyl (C=O) groups is 1. The quantitative estimate of drug-likeness (QED) is 0.751. The number of hydrogen-bond acceptors (Lipinski definition) is 4. The van der Waals surface area contributed by atoms with E-state index in [0.29, 0.717) is 16.4 Å². The highest BCUT2D eigenvalue weighted by Crippen LogP contribution is 2.20. The topological polar surface area (TPSA) is 57.3 Å². The summed E-state index contributed by atoms with van der Waals surface area (Å²) in [6.07, 6.45) is 2.66. The number of benzene rings is 1. The average molecular weight is 347 g/mol. The molecule has 2 N–H and O–H groups in total. The molecule has 0 aliphatic heterocycles. The van der Waals surface area contributed by atoms with Gasteiger partial charge in [0.25, 0.3) is 5.91 Å². The number of nitrogens with one attached hydrogen (secondary N) is 2. The largest absolute Gasteiger partial charge is 0.385 e. The van der Waals surface area contributed by atoms with Crippen molar-refractivity contribution in [3.63, 3.8) is 0 Å². The van der Waals surface area contributed by atoms with E-state index in [0.717, 1.165) is 30.8 Å². The first kappa shape index (κ1) is 18.2. The number of rotatable bonds is 7. The summed E-state index contributed by atoms with van der Waals surface area (Å²) in [5.41, 5.74) is 2.87. The first-order valence-electron chi connectivity index (χ1n) is 7.88. The smallest absolute Gasteiger partial charge is 0.274 e. The van der Waals surface area contributed by atoms with Crippen LogP contribution in [-0.2, 0) is 0 Å². The van der Waals surface area contributed by atoms with Crippen molar-refractivity contribution in [3.8, 4) is 0 Å². The standard InChI is InChI=1S/C18H23ClN4O/c1-13-5-6-15(11-16(13)19)22-18(24)17-12-14(7-9-21-17)20-8-4-10-23(2)3/h5-7,9,11-12H,4,8,10H2,1-3H3,(H,20,21)(H,22,24). The minimum absolute atomic E-state index is 0.258. The highest BCUT2D eigenvalue weighted by Gasteiger charge is 2.09. The molecular formula is C18H23ClN4O. The minimum atomic E-state index is -0.258. The van der Waals surface area contributed by atoms with E-state index in [-0.39, 0.29) is 5.91 Å². The highest BCUT2D eigenvalue weighted by atomic mass is 35.5. The normalized spacial score (nSPS) is 10.7. The van der Waals surface area contributed by atoms with Gasteiger partial charge in [-0.1, -0.05) is 17.7 Å². The Balaban J connectivity index is 1.96. The second-order valence-corrected chi connectivity index (χ2v) is 6.34. The first-order chi connectivity index (χ1) is 11.5. The monoisotopic (exact) mass is 346 g/mol. The van der Waals surface area contributed by atoms with Gasteiger partial charge in [-0.25, -0.2) is 0 Å². The zero-order chi connectivity index (χ0) is 17.5. The molecule has 0 spiro atoms. The first-order valence-corrected chi connectivity index (χ1v) is 8.25. The van der Waals surface area contributed by atoms with E-state index in [4.69, 9.17) is 11.6 Å². The summed E-state index contributed by atoms with van der Waals surface area (Å²) in [7, 11) is 4.10. The molecule has 1 heterocycles. The third kappa shape index (κ3) is 5.51. The fourth-order valence-corrected chi connectivity index (χ4v) is 2.34. The number of hydrogen-bond donors (Lipinski definition) is 2. The second-order valence-electron chi connectivity index (χ2n) is 5.93. The lowest BCUT2D eigenvalue weighted by molar-refractivity contribution is 0.102. The van der Waals surface area contributed by atoms with Crippen molar-refractivity contribution in [3.05, 3.63) is 52.8 Å². The van der Waals surface area contributed by atoms with Crippen LogP contribution in [0.25, 0.3) is 0 Å². The highest BCUT2D eigenvalue weighted by molar-refractivity contribution is 6.31. The van der Waals surface area contributed by atoms with Crippen molar-refractivity contribution in [1.29, 1.82) is 0 Å². The van der Waals surface area contributed by atoms with Gasteiger partial charge in [0, 0.05) is 29.1 Å². The van der Waals surface area contributed by atoms with Gasteiger partial charge >= 0.3 is 0 Å². The Labute approximate surface area is 148 Å². The summed E-state index contributed by atoms with van der Waals surface area (Å²) in [5, 5.41) is 6.75. The summed E-state index contributed by atoms with van der Waals surface area (Å²) >= 11 is 6.08. The van der Waals surface area contributed by atoms with Crippen LogP contribution in [0.2, 0.25) is 5.02 Å². The van der Waals surface area contributed by atoms with E-state index < -0.39 is 0 Å². The molecule has 0 aliphatic rings. The predicted octanol–water partition coefficient (Wildman–Crippen LogP) is 3.66. The molecule has 6 heteroatoms. The van der Waals surface area contributed by atoms with Crippen molar-refractivity contribution >= 4 is 28.9 Å². The lowest BCUT2D eigenvalue weighted by Gasteiger charge is -2.11. The molecule has 24 heavy (non-hydrogen) atoms. The Morgan fingerprint density at radius 1 is 1.21 bits per heavy atom. The molecule has 1 aromatic heterocycles. The van der Waals surface area contributed by atoms with E-state index in [9.17, 15) is 4.79 Å². The van der Waals surface area contributed by atoms with Crippen LogP contribution >= 0.6 is 11.6 Å². The maximum Gasteiger partial charge on any atom is 0.274 e. The molecule has 5 nitrogen and oxygen atoms in total. The van der Waals surface area contributed by atoms with Crippen LogP contribution in [0.15, 0.2) is 36.5 Å². The molecule has 128 valence electrons. The molecule has 0 aliphatic carbocycles. The molecule has 0 saturated carbocycles. The van der Waals surface area contributed by atoms with E-state index >= 15 is 0 Å². The van der Waals surface area contributed by atoms with E-state index in [2.05, 4.69) is 20.5 Å². The molecule has 2 aromatic rings. The van der Waals surface area contributed by atoms with E-state index in [1.165, 1.54) is 0 Å². The third-order valence-electron chi connectivity index (χ3n) is 3.53. The van der Waals surface area contributed by atoms with Gasteiger partial charge < -0.3 is 15.5 Å². The SMILES string of the molecule is Cc1ccc(NC(=O)c2cc(NCCCN(C)C)ccn2)cc1Cl. The van der Waals surface area contributed by atoms with E-state index in [1.807, 2.05) is 39.2 Å². The molecular weight excluding hydrogens is 324 g/mol. The maximum absolute atomic E-state index is 12.3. The number of halogens is 1. The van der Waals surface area contributed by atoms with Gasteiger partial charge in [0.2, 0.25) is 0 Å². The Hall–Kier alpha value is -2.11. The molecule has 0 bridgehead atoms. The van der Waals surface area contributed by atoms with Crippen LogP contribution in [0.4, 0.5) is 11.4 Å². The minimum Gasteiger partial charge on any atom is -0.385 e. The van der Waals surface area contributed by atoms with Crippen LogP contribution in [0.5, 0.6) is 0 Å². The second kappa shape index (κ2) is 8.66. The molecule has 0 unspecified atom stereocenters. The predicted molar refractivity (Wildman–Crippen MR) is 100 cm³/mol. The van der Waals surface area contributed by atoms with Gasteiger partial charge in [-0.2, -0.15) is 0 Å². The van der Waals surface area contributed by atoms with Crippen LogP contribution in [-0.4, -0.2) is 43.0 Å². The summed E-state index contributed by atoms with van der Waals surface area (Å²) in [6, 6.07) is 9.03. The lowest BCUT2D eigenvalue weighted by atomic mass is 10.2. The van der Waals surface area contributed by atoms with Crippen molar-refractivity contribution in [1.82, 2.24) is 9.88 Å². The van der Waals surface area contributed by atoms with E-state index in [1.54, 1.807) is 18.3 Å². The molecule has 2 rings (SSSR count). The number of carbonyl (C=O) groups excluding carboxylic acids is 1. The van der Waals surface area contributed by atoms with Crippen molar-refractivity contribution in [2.75, 3.05) is 37.8 Å². The summed E-state index contributed by atoms with van der Waals surface area (Å²) in [6.45, 7) is 3.78. The summed E-state index contributed by atoms with van der Waals surface area (Å²) in [5.74, 6) is -0.258. The molecule has 1 amide bonds. The lowest BCUT2D eigenvalue weighted by Crippen LogP contribution is -2.17. The number of amides is 1. The Bertz CT molecular complexity index is 703. The van der Waals surface area contributed by atoms with Gasteiger partial charge in [0.15, 0.2) is 0 Å². The number of aryl methyl sites for hydroxylation is 1. The number of aromatic nitrogens is 1. The summed E-state index contributed by atoms with van der Waals surface area (Å²) in [4.78, 5) is 18.6. The Morgan fingerprint density at radius 3 is 2.71 bits per heavy atom. The van der Waals surface area contributed by atoms with Crippen LogP contribution in [0.3, 0.4) is 0 Å². The number of pyridine rings is 1. The summed E-state index contributed by atoms with van der Waals surface area (Å²) < 4.78 is 0. The van der Waals surface area contributed by atoms with Crippen molar-refractivity contribution < 1.29 is 4.79 Å². The van der Waals surface area contributed by atoms with Gasteiger partial charge in [-0.15, -0.1) is 0 Å². The fourth-order valence-electron chi connectivity index (χ4n) is 2.16. The third-order valence-corrected chi connectivity index (χ3v) is 3.94. The van der Waals surface area contributed by atoms with Crippen LogP contribution < -0.4 is 10.6 Å². The van der Waals surface area contributed by atoms with Crippen LogP contribution in [0.1, 0.15) is 22.5 Å². The maximum atomic E-state index is 12.3. The average Bonchev–Trinajstić information content (AvgIpc) is 2.55. The van der Waals surface area contributed by atoms with Gasteiger partial charge in [-0.05, 0) is 63.8 Å². The Kier molecular flexibility index (Phi) is 6.58.